The Labute approximate surface area is 225 Å². The number of nitrogens with zero attached hydrogens (tertiary/aromatic N) is 2. The van der Waals surface area contributed by atoms with Crippen LogP contribution in [0.4, 0.5) is 4.79 Å². The number of carbonyl (C=O) groups is 4. The van der Waals surface area contributed by atoms with E-state index in [0.717, 1.165) is 29.1 Å². The quantitative estimate of drug-likeness (QED) is 0.242. The molecular formula is C25H43N5O7S. The highest BCUT2D eigenvalue weighted by atomic mass is 32.2. The van der Waals surface area contributed by atoms with Crippen molar-refractivity contribution in [3.05, 3.63) is 11.6 Å². The molecule has 0 aromatic heterocycles. The number of ether oxygens (including phenoxy) is 1. The zero-order valence-electron chi connectivity index (χ0n) is 23.1. The molecule has 2 fully saturated rings. The summed E-state index contributed by atoms with van der Waals surface area (Å²) in [5.41, 5.74) is 5.68. The lowest BCUT2D eigenvalue weighted by molar-refractivity contribution is -0.139. The first-order chi connectivity index (χ1) is 17.6. The van der Waals surface area contributed by atoms with Gasteiger partial charge in [0.05, 0.1) is 5.92 Å². The lowest BCUT2D eigenvalue weighted by atomic mass is 9.78. The standard InChI is InChI=1S/C25H43N5O7S/c1-25(2,3)37-24(34)27-19(23(33)30-16-10-13-20(30)21(26)31)12-9-7-6-8-11-17-14-15-18(17)22(32)28-38(35,36)29(4)5/h11,18-20H,6-10,12-16H2,1-5H3,(H2,26,31)(H,27,34)(H,28,32)/b17-11-/t18-,19-,20-/m0/s1. The Morgan fingerprint density at radius 1 is 1.16 bits per heavy atom. The summed E-state index contributed by atoms with van der Waals surface area (Å²) in [4.78, 5) is 51.1. The van der Waals surface area contributed by atoms with E-state index in [0.29, 0.717) is 45.1 Å². The van der Waals surface area contributed by atoms with Crippen LogP contribution in [0.25, 0.3) is 0 Å². The second-order valence-electron chi connectivity index (χ2n) is 11.1. The van der Waals surface area contributed by atoms with Crippen molar-refractivity contribution in [1.82, 2.24) is 19.2 Å². The van der Waals surface area contributed by atoms with Crippen molar-refractivity contribution in [2.45, 2.75) is 96.2 Å². The molecular weight excluding hydrogens is 514 g/mol. The van der Waals surface area contributed by atoms with Crippen LogP contribution < -0.4 is 15.8 Å². The number of nitrogens with one attached hydrogen (secondary N) is 2. The molecule has 1 aliphatic heterocycles. The lowest BCUT2D eigenvalue weighted by Gasteiger charge is -2.29. The molecule has 2 aliphatic rings. The SMILES string of the molecule is CN(C)S(=O)(=O)NC(=O)[C@H]1CC/C1=C/CCCCC[C@H](NC(=O)OC(C)(C)C)C(=O)N1CCC[C@H]1C(N)=O. The number of unbranched alkanes of at least 4 members (excludes halogenated alkanes) is 3. The van der Waals surface area contributed by atoms with E-state index < -0.39 is 51.7 Å². The monoisotopic (exact) mass is 557 g/mol. The Bertz CT molecular complexity index is 1020. The maximum absolute atomic E-state index is 13.2. The van der Waals surface area contributed by atoms with Gasteiger partial charge in [0.2, 0.25) is 17.7 Å². The summed E-state index contributed by atoms with van der Waals surface area (Å²) in [6.07, 6.45) is 7.16. The van der Waals surface area contributed by atoms with Crippen LogP contribution in [0.3, 0.4) is 0 Å². The molecule has 38 heavy (non-hydrogen) atoms. The smallest absolute Gasteiger partial charge is 0.408 e. The summed E-state index contributed by atoms with van der Waals surface area (Å²) in [7, 11) is -1.10. The molecule has 0 unspecified atom stereocenters. The number of likely N-dealkylation sites (tertiary alicyclic amines) is 1. The van der Waals surface area contributed by atoms with Gasteiger partial charge in [0, 0.05) is 20.6 Å². The summed E-state index contributed by atoms with van der Waals surface area (Å²) in [6, 6.07) is -1.50. The first-order valence-electron chi connectivity index (χ1n) is 13.1. The minimum Gasteiger partial charge on any atom is -0.444 e. The third kappa shape index (κ3) is 9.26. The van der Waals surface area contributed by atoms with Crippen molar-refractivity contribution >= 4 is 34.0 Å². The first kappa shape index (κ1) is 31.5. The van der Waals surface area contributed by atoms with E-state index in [4.69, 9.17) is 10.5 Å². The summed E-state index contributed by atoms with van der Waals surface area (Å²) in [5.74, 6) is -1.83. The molecule has 1 saturated carbocycles. The molecule has 216 valence electrons. The third-order valence-electron chi connectivity index (χ3n) is 6.65. The molecule has 0 spiro atoms. The van der Waals surface area contributed by atoms with Crippen molar-refractivity contribution in [1.29, 1.82) is 0 Å². The zero-order chi connectivity index (χ0) is 28.7. The highest BCUT2D eigenvalue weighted by Gasteiger charge is 2.37. The van der Waals surface area contributed by atoms with E-state index in [1.165, 1.54) is 19.0 Å². The van der Waals surface area contributed by atoms with Crippen LogP contribution in [0.15, 0.2) is 11.6 Å². The average Bonchev–Trinajstić information content (AvgIpc) is 3.24. The van der Waals surface area contributed by atoms with Crippen LogP contribution in [-0.4, -0.2) is 79.8 Å². The first-order valence-corrected chi connectivity index (χ1v) is 14.6. The van der Waals surface area contributed by atoms with Gasteiger partial charge in [0.15, 0.2) is 0 Å². The van der Waals surface area contributed by atoms with Crippen LogP contribution in [0.1, 0.15) is 78.6 Å². The van der Waals surface area contributed by atoms with Gasteiger partial charge < -0.3 is 20.7 Å². The van der Waals surface area contributed by atoms with Crippen LogP contribution in [-0.2, 0) is 29.3 Å². The van der Waals surface area contributed by atoms with Crippen molar-refractivity contribution < 1.29 is 32.3 Å². The number of alkyl carbamates (subject to hydrolysis) is 1. The lowest BCUT2D eigenvalue weighted by Crippen LogP contribution is -2.53. The van der Waals surface area contributed by atoms with E-state index in [9.17, 15) is 27.6 Å². The van der Waals surface area contributed by atoms with Gasteiger partial charge in [0.25, 0.3) is 0 Å². The average molecular weight is 558 g/mol. The molecule has 0 aromatic carbocycles. The fourth-order valence-electron chi connectivity index (χ4n) is 4.48. The number of hydrogen-bond donors (Lipinski definition) is 3. The molecule has 0 bridgehead atoms. The number of allylic oxidation sites excluding steroid dienone is 1. The number of hydrogen-bond acceptors (Lipinski definition) is 7. The minimum atomic E-state index is -3.81. The van der Waals surface area contributed by atoms with E-state index in [-0.39, 0.29) is 5.91 Å². The predicted molar refractivity (Wildman–Crippen MR) is 142 cm³/mol. The Kier molecular flexibility index (Phi) is 11.1. The van der Waals surface area contributed by atoms with Gasteiger partial charge in [-0.2, -0.15) is 12.7 Å². The molecule has 12 nitrogen and oxygen atoms in total. The molecule has 0 aromatic rings. The molecule has 13 heteroatoms. The maximum atomic E-state index is 13.2. The Morgan fingerprint density at radius 3 is 2.39 bits per heavy atom. The van der Waals surface area contributed by atoms with Gasteiger partial charge in [-0.3, -0.25) is 14.4 Å². The predicted octanol–water partition coefficient (Wildman–Crippen LogP) is 1.57. The van der Waals surface area contributed by atoms with E-state index in [1.807, 2.05) is 6.08 Å². The second kappa shape index (κ2) is 13.4. The fraction of sp³-hybridized carbons (Fsp3) is 0.760. The molecule has 1 saturated heterocycles. The summed E-state index contributed by atoms with van der Waals surface area (Å²) >= 11 is 0. The normalized spacial score (nSPS) is 21.6. The van der Waals surface area contributed by atoms with Crippen molar-refractivity contribution in [3.8, 4) is 0 Å². The largest absolute Gasteiger partial charge is 0.444 e. The molecule has 3 atom stereocenters. The molecule has 1 aliphatic carbocycles. The molecule has 1 heterocycles. The number of primary amides is 1. The van der Waals surface area contributed by atoms with Gasteiger partial charge >= 0.3 is 16.3 Å². The molecule has 2 rings (SSSR count). The van der Waals surface area contributed by atoms with Crippen LogP contribution in [0, 0.1) is 5.92 Å². The molecule has 4 N–H and O–H groups in total. The highest BCUT2D eigenvalue weighted by Crippen LogP contribution is 2.34. The number of amides is 4. The van der Waals surface area contributed by atoms with Crippen molar-refractivity contribution in [2.24, 2.45) is 11.7 Å². The molecule has 4 amide bonds. The van der Waals surface area contributed by atoms with Crippen molar-refractivity contribution in [2.75, 3.05) is 20.6 Å². The van der Waals surface area contributed by atoms with Crippen molar-refractivity contribution in [3.63, 3.8) is 0 Å². The van der Waals surface area contributed by atoms with E-state index >= 15 is 0 Å². The maximum Gasteiger partial charge on any atom is 0.408 e. The summed E-state index contributed by atoms with van der Waals surface area (Å²) in [6.45, 7) is 5.62. The van der Waals surface area contributed by atoms with E-state index in [1.54, 1.807) is 20.8 Å². The van der Waals surface area contributed by atoms with Gasteiger partial charge in [0.1, 0.15) is 17.7 Å². The van der Waals surface area contributed by atoms with Gasteiger partial charge in [-0.1, -0.05) is 24.5 Å². The summed E-state index contributed by atoms with van der Waals surface area (Å²) < 4.78 is 32.2. The third-order valence-corrected chi connectivity index (χ3v) is 8.07. The Balaban J connectivity index is 1.88. The number of rotatable bonds is 12. The molecule has 0 radical (unpaired) electrons. The van der Waals surface area contributed by atoms with Gasteiger partial charge in [-0.05, 0) is 65.7 Å². The van der Waals surface area contributed by atoms with Gasteiger partial charge in [-0.15, -0.1) is 0 Å². The van der Waals surface area contributed by atoms with Crippen LogP contribution in [0.5, 0.6) is 0 Å². The van der Waals surface area contributed by atoms with Crippen LogP contribution >= 0.6 is 0 Å². The zero-order valence-corrected chi connectivity index (χ0v) is 23.9. The second-order valence-corrected chi connectivity index (χ2v) is 12.9. The number of carbonyl (C=O) groups excluding carboxylic acids is 4. The highest BCUT2D eigenvalue weighted by molar-refractivity contribution is 7.87. The fourth-order valence-corrected chi connectivity index (χ4v) is 5.06. The minimum absolute atomic E-state index is 0.338. The van der Waals surface area contributed by atoms with E-state index in [2.05, 4.69) is 10.0 Å². The Hall–Kier alpha value is -2.67. The summed E-state index contributed by atoms with van der Waals surface area (Å²) in [5, 5.41) is 2.67. The Morgan fingerprint density at radius 2 is 1.84 bits per heavy atom. The number of nitrogens with two attached hydrogens (primary N) is 1. The topological polar surface area (TPSA) is 168 Å². The van der Waals surface area contributed by atoms with Crippen LogP contribution in [0.2, 0.25) is 0 Å². The van der Waals surface area contributed by atoms with Gasteiger partial charge in [-0.25, -0.2) is 9.52 Å².